The first-order valence-corrected chi connectivity index (χ1v) is 23.5. The molecule has 0 saturated heterocycles. The number of allylic oxidation sites excluding steroid dienone is 2. The molecule has 5 aromatic carbocycles. The fourth-order valence-electron chi connectivity index (χ4n) is 8.33. The van der Waals surface area contributed by atoms with Gasteiger partial charge in [-0.1, -0.05) is 104 Å². The lowest BCUT2D eigenvalue weighted by molar-refractivity contribution is 0.909. The largest absolute Gasteiger partial charge is 0.147 e. The number of benzene rings is 5. The Balaban J connectivity index is 2.07. The van der Waals surface area contributed by atoms with E-state index in [1.807, 2.05) is 0 Å². The van der Waals surface area contributed by atoms with Gasteiger partial charge in [0, 0.05) is 11.1 Å². The van der Waals surface area contributed by atoms with Gasteiger partial charge in [0.15, 0.2) is 0 Å². The Hall–Kier alpha value is -3.83. The molecule has 0 saturated carbocycles. The molecule has 0 unspecified atom stereocenters. The van der Waals surface area contributed by atoms with Crippen LogP contribution in [0.2, 0.25) is 34.3 Å². The smallest absolute Gasteiger partial charge is 0.125 e. The van der Waals surface area contributed by atoms with Gasteiger partial charge >= 0.3 is 0 Å². The van der Waals surface area contributed by atoms with Gasteiger partial charge in [-0.2, -0.15) is 0 Å². The van der Waals surface area contributed by atoms with Crippen LogP contribution in [0.25, 0.3) is 43.1 Å². The summed E-state index contributed by atoms with van der Waals surface area (Å²) in [7, 11) is -4.09. The molecule has 2 heteroatoms. The SMILES string of the molecule is C=CC[Si](C#Cc1c2cc3cc(C)c(C)cc3cc2c(C#C[Si](CC=C)(C(C)C)C(C)C)c2cc3cc(C)c(C)cc3cc12)(C(C)C)C(C)C. The minimum atomic E-state index is -2.05. The average molecular weight is 691 g/mol. The van der Waals surface area contributed by atoms with Gasteiger partial charge in [-0.05, 0) is 152 Å². The topological polar surface area (TPSA) is 0 Å². The molecule has 0 radical (unpaired) electrons. The molecule has 0 bridgehead atoms. The lowest BCUT2D eigenvalue weighted by atomic mass is 9.88. The van der Waals surface area contributed by atoms with Crippen LogP contribution in [0.4, 0.5) is 0 Å². The minimum absolute atomic E-state index is 0.517. The molecule has 0 aliphatic carbocycles. The molecule has 50 heavy (non-hydrogen) atoms. The molecule has 0 aliphatic heterocycles. The van der Waals surface area contributed by atoms with Gasteiger partial charge in [0.1, 0.15) is 16.1 Å². The van der Waals surface area contributed by atoms with E-state index in [4.69, 9.17) is 0 Å². The van der Waals surface area contributed by atoms with Crippen LogP contribution < -0.4 is 0 Å². The predicted molar refractivity (Wildman–Crippen MR) is 231 cm³/mol. The summed E-state index contributed by atoms with van der Waals surface area (Å²) >= 11 is 0. The average Bonchev–Trinajstić information content (AvgIpc) is 3.04. The quantitative estimate of drug-likeness (QED) is 0.0658. The van der Waals surface area contributed by atoms with Gasteiger partial charge in [-0.15, -0.1) is 24.2 Å². The van der Waals surface area contributed by atoms with E-state index in [0.717, 1.165) is 23.2 Å². The Labute approximate surface area is 305 Å². The fraction of sp³-hybridized carbons (Fsp3) is 0.375. The number of hydrogen-bond donors (Lipinski definition) is 0. The van der Waals surface area contributed by atoms with Crippen LogP contribution in [0.1, 0.15) is 88.8 Å². The Bertz CT molecular complexity index is 1990. The lowest BCUT2D eigenvalue weighted by Crippen LogP contribution is -2.39. The first kappa shape index (κ1) is 37.4. The minimum Gasteiger partial charge on any atom is -0.125 e. The highest BCUT2D eigenvalue weighted by Gasteiger charge is 2.38. The van der Waals surface area contributed by atoms with Crippen molar-refractivity contribution in [3.63, 3.8) is 0 Å². The summed E-state index contributed by atoms with van der Waals surface area (Å²) < 4.78 is 0. The number of aryl methyl sites for hydroxylation is 4. The molecule has 0 heterocycles. The zero-order valence-electron chi connectivity index (χ0n) is 32.9. The van der Waals surface area contributed by atoms with E-state index in [1.165, 1.54) is 65.3 Å². The van der Waals surface area contributed by atoms with Crippen LogP contribution in [-0.2, 0) is 0 Å². The van der Waals surface area contributed by atoms with E-state index in [2.05, 4.69) is 180 Å². The molecule has 258 valence electrons. The molecule has 0 N–H and O–H groups in total. The highest BCUT2D eigenvalue weighted by atomic mass is 28.3. The second-order valence-electron chi connectivity index (χ2n) is 16.3. The van der Waals surface area contributed by atoms with E-state index in [9.17, 15) is 0 Å². The van der Waals surface area contributed by atoms with Gasteiger partial charge < -0.3 is 0 Å². The maximum absolute atomic E-state index is 4.20. The predicted octanol–water partition coefficient (Wildman–Crippen LogP) is 14.2. The zero-order chi connectivity index (χ0) is 36.7. The first-order chi connectivity index (χ1) is 23.6. The molecule has 0 amide bonds. The first-order valence-electron chi connectivity index (χ1n) is 18.7. The Kier molecular flexibility index (Phi) is 10.8. The monoisotopic (exact) mass is 690 g/mol. The standard InChI is InChI=1S/C48H58Si2/c1-15-19-49(31(3)4,32(5)6)21-17-43-45-27-39-23-35(11)37(13)25-41(39)29-47(45)44(18-22-50(20-16-2,33(7)8)34(9)10)48-30-42-26-38(14)36(12)24-40(42)28-46(43)48/h15-16,23-34H,1-2,19-20H2,3-14H3. The van der Waals surface area contributed by atoms with Crippen molar-refractivity contribution in [3.05, 3.63) is 107 Å². The molecule has 0 nitrogen and oxygen atoms in total. The van der Waals surface area contributed by atoms with Crippen LogP contribution in [0.15, 0.2) is 73.8 Å². The Morgan fingerprint density at radius 1 is 0.460 bits per heavy atom. The molecular formula is C48H58Si2. The highest BCUT2D eigenvalue weighted by molar-refractivity contribution is 6.90. The summed E-state index contributed by atoms with van der Waals surface area (Å²) in [6.45, 7) is 36.3. The van der Waals surface area contributed by atoms with Crippen LogP contribution >= 0.6 is 0 Å². The van der Waals surface area contributed by atoms with Crippen molar-refractivity contribution in [1.29, 1.82) is 0 Å². The molecule has 5 aromatic rings. The van der Waals surface area contributed by atoms with Crippen LogP contribution in [0.5, 0.6) is 0 Å². The summed E-state index contributed by atoms with van der Waals surface area (Å²) in [5.41, 5.74) is 17.8. The highest BCUT2D eigenvalue weighted by Crippen LogP contribution is 2.41. The van der Waals surface area contributed by atoms with E-state index in [-0.39, 0.29) is 0 Å². The fourth-order valence-corrected chi connectivity index (χ4v) is 15.9. The van der Waals surface area contributed by atoms with Crippen molar-refractivity contribution in [2.24, 2.45) is 0 Å². The molecule has 0 aliphatic rings. The molecule has 0 spiro atoms. The van der Waals surface area contributed by atoms with E-state index in [0.29, 0.717) is 22.2 Å². The third kappa shape index (κ3) is 6.54. The van der Waals surface area contributed by atoms with Gasteiger partial charge in [0.05, 0.1) is 0 Å². The second kappa shape index (κ2) is 14.4. The molecular weight excluding hydrogens is 633 g/mol. The maximum Gasteiger partial charge on any atom is 0.147 e. The summed E-state index contributed by atoms with van der Waals surface area (Å²) in [5, 5.41) is 9.90. The molecule has 0 aromatic heterocycles. The number of rotatable bonds is 8. The third-order valence-corrected chi connectivity index (χ3v) is 23.5. The van der Waals surface area contributed by atoms with Crippen molar-refractivity contribution in [2.75, 3.05) is 0 Å². The summed E-state index contributed by atoms with van der Waals surface area (Å²) in [5.74, 6) is 7.94. The van der Waals surface area contributed by atoms with Crippen LogP contribution in [0, 0.1) is 50.6 Å². The Morgan fingerprint density at radius 2 is 0.700 bits per heavy atom. The van der Waals surface area contributed by atoms with Crippen molar-refractivity contribution in [2.45, 2.75) is 117 Å². The normalized spacial score (nSPS) is 12.3. The van der Waals surface area contributed by atoms with Gasteiger partial charge in [0.2, 0.25) is 0 Å². The van der Waals surface area contributed by atoms with Gasteiger partial charge in [-0.3, -0.25) is 0 Å². The summed E-state index contributed by atoms with van der Waals surface area (Å²) in [4.78, 5) is 0. The molecule has 0 fully saturated rings. The van der Waals surface area contributed by atoms with E-state index >= 15 is 0 Å². The van der Waals surface area contributed by atoms with E-state index in [1.54, 1.807) is 0 Å². The second-order valence-corrected chi connectivity index (χ2v) is 26.4. The van der Waals surface area contributed by atoms with Crippen molar-refractivity contribution in [3.8, 4) is 22.9 Å². The lowest BCUT2D eigenvalue weighted by Gasteiger charge is -2.33. The van der Waals surface area contributed by atoms with Gasteiger partial charge in [0.25, 0.3) is 0 Å². The van der Waals surface area contributed by atoms with Crippen molar-refractivity contribution < 1.29 is 0 Å². The number of hydrogen-bond acceptors (Lipinski definition) is 0. The maximum atomic E-state index is 4.20. The van der Waals surface area contributed by atoms with Crippen LogP contribution in [0.3, 0.4) is 0 Å². The molecule has 5 rings (SSSR count). The summed E-state index contributed by atoms with van der Waals surface area (Å²) in [6.07, 6.45) is 4.24. The van der Waals surface area contributed by atoms with Crippen molar-refractivity contribution in [1.82, 2.24) is 0 Å². The van der Waals surface area contributed by atoms with Crippen molar-refractivity contribution >= 4 is 59.2 Å². The van der Waals surface area contributed by atoms with E-state index < -0.39 is 16.1 Å². The number of fused-ring (bicyclic) bond motifs is 4. The van der Waals surface area contributed by atoms with Gasteiger partial charge in [-0.25, -0.2) is 0 Å². The Morgan fingerprint density at radius 3 is 0.900 bits per heavy atom. The van der Waals surface area contributed by atoms with Crippen LogP contribution in [-0.4, -0.2) is 16.1 Å². The molecule has 0 atom stereocenters. The summed E-state index contributed by atoms with van der Waals surface area (Å²) in [6, 6.07) is 21.0. The zero-order valence-corrected chi connectivity index (χ0v) is 34.9. The third-order valence-electron chi connectivity index (χ3n) is 12.2.